The number of hydrogen-bond acceptors (Lipinski definition) is 6. The van der Waals surface area contributed by atoms with Crippen LogP contribution in [0, 0.1) is 13.8 Å². The summed E-state index contributed by atoms with van der Waals surface area (Å²) in [4.78, 5) is 31.7. The Kier molecular flexibility index (Phi) is 6.70. The molecule has 0 radical (unpaired) electrons. The van der Waals surface area contributed by atoms with Crippen LogP contribution < -0.4 is 15.6 Å². The Hall–Kier alpha value is -4.13. The quantitative estimate of drug-likeness (QED) is 0.334. The van der Waals surface area contributed by atoms with E-state index in [4.69, 9.17) is 4.42 Å². The Balaban J connectivity index is 1.50. The SMILES string of the molecule is Cc1cc(C(C)Nc2ccccc2C(=O)O)c2oc(C3CCN(c4ccncc4)CC3)c(C)c(=O)c2c1. The van der Waals surface area contributed by atoms with Crippen LogP contribution in [0.2, 0.25) is 0 Å². The molecule has 1 fully saturated rings. The largest absolute Gasteiger partial charge is 0.478 e. The van der Waals surface area contributed by atoms with Gasteiger partial charge in [-0.25, -0.2) is 4.79 Å². The first-order chi connectivity index (χ1) is 17.8. The molecular formula is C30H31N3O4. The van der Waals surface area contributed by atoms with E-state index >= 15 is 0 Å². The molecule has 0 aliphatic carbocycles. The van der Waals surface area contributed by atoms with E-state index < -0.39 is 5.97 Å². The highest BCUT2D eigenvalue weighted by Crippen LogP contribution is 2.35. The number of carbonyl (C=O) groups is 1. The molecule has 7 heteroatoms. The van der Waals surface area contributed by atoms with Crippen LogP contribution in [0.1, 0.15) is 64.5 Å². The molecule has 2 aromatic carbocycles. The minimum absolute atomic E-state index is 0.00380. The molecule has 1 aliphatic heterocycles. The first-order valence-electron chi connectivity index (χ1n) is 12.6. The molecule has 1 unspecified atom stereocenters. The van der Waals surface area contributed by atoms with Crippen molar-refractivity contribution in [2.75, 3.05) is 23.3 Å². The molecule has 0 amide bonds. The summed E-state index contributed by atoms with van der Waals surface area (Å²) in [6.07, 6.45) is 5.39. The van der Waals surface area contributed by atoms with Crippen molar-refractivity contribution < 1.29 is 14.3 Å². The zero-order valence-electron chi connectivity index (χ0n) is 21.3. The maximum absolute atomic E-state index is 13.5. The number of piperidine rings is 1. The number of carboxylic acids is 1. The molecule has 5 rings (SSSR count). The number of nitrogens with zero attached hydrogens (tertiary/aromatic N) is 2. The first-order valence-corrected chi connectivity index (χ1v) is 12.6. The van der Waals surface area contributed by atoms with Crippen molar-refractivity contribution in [2.24, 2.45) is 0 Å². The fourth-order valence-electron chi connectivity index (χ4n) is 5.36. The van der Waals surface area contributed by atoms with E-state index in [2.05, 4.69) is 15.2 Å². The van der Waals surface area contributed by atoms with Crippen molar-refractivity contribution >= 4 is 28.3 Å². The monoisotopic (exact) mass is 497 g/mol. The van der Waals surface area contributed by atoms with E-state index in [-0.39, 0.29) is 23.0 Å². The molecule has 2 N–H and O–H groups in total. The van der Waals surface area contributed by atoms with E-state index in [0.29, 0.717) is 22.2 Å². The summed E-state index contributed by atoms with van der Waals surface area (Å²) in [6.45, 7) is 7.53. The number of aryl methyl sites for hydroxylation is 1. The van der Waals surface area contributed by atoms with Gasteiger partial charge in [0.25, 0.3) is 0 Å². The Morgan fingerprint density at radius 2 is 1.81 bits per heavy atom. The molecule has 3 heterocycles. The summed E-state index contributed by atoms with van der Waals surface area (Å²) in [6, 6.07) is 14.5. The first kappa shape index (κ1) is 24.6. The molecule has 190 valence electrons. The van der Waals surface area contributed by atoms with Gasteiger partial charge in [-0.3, -0.25) is 9.78 Å². The summed E-state index contributed by atoms with van der Waals surface area (Å²) >= 11 is 0. The van der Waals surface area contributed by atoms with Crippen molar-refractivity contribution in [1.82, 2.24) is 4.98 Å². The van der Waals surface area contributed by atoms with Gasteiger partial charge in [-0.15, -0.1) is 0 Å². The number of hydrogen-bond donors (Lipinski definition) is 2. The number of benzene rings is 2. The third-order valence-electron chi connectivity index (χ3n) is 7.32. The molecule has 7 nitrogen and oxygen atoms in total. The molecule has 1 aliphatic rings. The predicted octanol–water partition coefficient (Wildman–Crippen LogP) is 6.06. The number of para-hydroxylation sites is 1. The number of nitrogens with one attached hydrogen (secondary N) is 1. The number of aromatic carboxylic acids is 1. The number of rotatable bonds is 6. The zero-order valence-corrected chi connectivity index (χ0v) is 21.3. The Morgan fingerprint density at radius 1 is 1.11 bits per heavy atom. The zero-order chi connectivity index (χ0) is 26.1. The highest BCUT2D eigenvalue weighted by Gasteiger charge is 2.27. The number of carboxylic acid groups (broad SMARTS) is 1. The van der Waals surface area contributed by atoms with Crippen LogP contribution in [0.25, 0.3) is 11.0 Å². The van der Waals surface area contributed by atoms with Crippen molar-refractivity contribution in [3.8, 4) is 0 Å². The maximum atomic E-state index is 13.5. The van der Waals surface area contributed by atoms with Gasteiger partial charge >= 0.3 is 5.97 Å². The van der Waals surface area contributed by atoms with E-state index in [1.807, 2.05) is 57.4 Å². The van der Waals surface area contributed by atoms with E-state index in [1.54, 1.807) is 24.3 Å². The van der Waals surface area contributed by atoms with Gasteiger partial charge in [-0.1, -0.05) is 18.2 Å². The molecular weight excluding hydrogens is 466 g/mol. The number of aromatic nitrogens is 1. The molecule has 4 aromatic rings. The lowest BCUT2D eigenvalue weighted by Crippen LogP contribution is -2.33. The van der Waals surface area contributed by atoms with Crippen LogP contribution in [-0.2, 0) is 0 Å². The Labute approximate surface area is 215 Å². The lowest BCUT2D eigenvalue weighted by molar-refractivity contribution is 0.0698. The fraction of sp³-hybridized carbons (Fsp3) is 0.300. The maximum Gasteiger partial charge on any atom is 0.337 e. The summed E-state index contributed by atoms with van der Waals surface area (Å²) in [7, 11) is 0. The highest BCUT2D eigenvalue weighted by atomic mass is 16.4. The van der Waals surface area contributed by atoms with Crippen LogP contribution in [0.4, 0.5) is 11.4 Å². The molecule has 37 heavy (non-hydrogen) atoms. The average Bonchev–Trinajstić information content (AvgIpc) is 2.91. The second-order valence-electron chi connectivity index (χ2n) is 9.83. The number of pyridine rings is 1. The normalized spacial score (nSPS) is 15.1. The summed E-state index contributed by atoms with van der Waals surface area (Å²) < 4.78 is 6.59. The smallest absolute Gasteiger partial charge is 0.337 e. The molecule has 2 aromatic heterocycles. The van der Waals surface area contributed by atoms with Crippen LogP contribution in [0.3, 0.4) is 0 Å². The van der Waals surface area contributed by atoms with Crippen molar-refractivity contribution in [1.29, 1.82) is 0 Å². The van der Waals surface area contributed by atoms with E-state index in [9.17, 15) is 14.7 Å². The lowest BCUT2D eigenvalue weighted by atomic mass is 9.90. The molecule has 0 bridgehead atoms. The van der Waals surface area contributed by atoms with Crippen molar-refractivity contribution in [3.05, 3.63) is 99.2 Å². The van der Waals surface area contributed by atoms with Gasteiger partial charge in [0.05, 0.1) is 17.0 Å². The van der Waals surface area contributed by atoms with Crippen molar-refractivity contribution in [3.63, 3.8) is 0 Å². The van der Waals surface area contributed by atoms with Crippen LogP contribution in [0.15, 0.2) is 70.1 Å². The minimum atomic E-state index is -0.994. The van der Waals surface area contributed by atoms with Gasteiger partial charge in [0.2, 0.25) is 0 Å². The van der Waals surface area contributed by atoms with Crippen LogP contribution in [-0.4, -0.2) is 29.1 Å². The molecule has 1 atom stereocenters. The second kappa shape index (κ2) is 10.1. The molecule has 1 saturated heterocycles. The summed E-state index contributed by atoms with van der Waals surface area (Å²) in [5.41, 5.74) is 4.90. The highest BCUT2D eigenvalue weighted by molar-refractivity contribution is 5.94. The van der Waals surface area contributed by atoms with Crippen molar-refractivity contribution in [2.45, 2.75) is 45.6 Å². The molecule has 0 spiro atoms. The van der Waals surface area contributed by atoms with Crippen LogP contribution in [0.5, 0.6) is 0 Å². The van der Waals surface area contributed by atoms with Crippen LogP contribution >= 0.6 is 0 Å². The standard InChI is InChI=1S/C30H31N3O4/c1-18-16-24(20(3)32-26-7-5-4-6-23(26)30(35)36)29-25(17-18)27(34)19(2)28(37-29)21-10-14-33(15-11-21)22-8-12-31-13-9-22/h4-9,12-13,16-17,20-21,32H,10-11,14-15H2,1-3H3,(H,35,36). The fourth-order valence-corrected chi connectivity index (χ4v) is 5.36. The Bertz CT molecular complexity index is 1510. The third-order valence-corrected chi connectivity index (χ3v) is 7.32. The third kappa shape index (κ3) is 4.81. The van der Waals surface area contributed by atoms with E-state index in [0.717, 1.165) is 48.5 Å². The minimum Gasteiger partial charge on any atom is -0.478 e. The topological polar surface area (TPSA) is 95.7 Å². The van der Waals surface area contributed by atoms with Gasteiger partial charge in [0, 0.05) is 53.9 Å². The summed E-state index contributed by atoms with van der Waals surface area (Å²) in [5.74, 6) is -0.0811. The van der Waals surface area contributed by atoms with Gasteiger partial charge in [-0.2, -0.15) is 0 Å². The van der Waals surface area contributed by atoms with Gasteiger partial charge in [-0.05, 0) is 69.5 Å². The van der Waals surface area contributed by atoms with Gasteiger partial charge in [0.1, 0.15) is 11.3 Å². The van der Waals surface area contributed by atoms with Gasteiger partial charge in [0.15, 0.2) is 5.43 Å². The average molecular weight is 498 g/mol. The second-order valence-corrected chi connectivity index (χ2v) is 9.83. The Morgan fingerprint density at radius 3 is 2.51 bits per heavy atom. The summed E-state index contributed by atoms with van der Waals surface area (Å²) in [5, 5.41) is 13.5. The van der Waals surface area contributed by atoms with E-state index in [1.165, 1.54) is 0 Å². The number of fused-ring (bicyclic) bond motifs is 1. The molecule has 0 saturated carbocycles. The number of anilines is 2. The predicted molar refractivity (Wildman–Crippen MR) is 146 cm³/mol. The van der Waals surface area contributed by atoms with Gasteiger partial charge < -0.3 is 19.7 Å². The lowest BCUT2D eigenvalue weighted by Gasteiger charge is -2.33.